The minimum atomic E-state index is -1.03. The fourth-order valence-corrected chi connectivity index (χ4v) is 3.97. The van der Waals surface area contributed by atoms with Crippen LogP contribution in [0.4, 0.5) is 0 Å². The lowest BCUT2D eigenvalue weighted by Crippen LogP contribution is -2.56. The Bertz CT molecular complexity index is 280. The Morgan fingerprint density at radius 1 is 1.41 bits per heavy atom. The molecular formula is C12H20O4S. The van der Waals surface area contributed by atoms with Crippen LogP contribution in [0.1, 0.15) is 26.2 Å². The van der Waals surface area contributed by atoms with Crippen LogP contribution in [0.15, 0.2) is 0 Å². The predicted octanol–water partition coefficient (Wildman–Crippen LogP) is 1.21. The molecule has 2 saturated heterocycles. The SMILES string of the molecule is CCOC(=O)C1(C2(O)CCOC2)CCSCC1. The summed E-state index contributed by atoms with van der Waals surface area (Å²) in [5.74, 6) is 1.57. The summed E-state index contributed by atoms with van der Waals surface area (Å²) < 4.78 is 10.5. The van der Waals surface area contributed by atoms with Crippen molar-refractivity contribution >= 4 is 17.7 Å². The first-order valence-electron chi connectivity index (χ1n) is 6.20. The lowest BCUT2D eigenvalue weighted by molar-refractivity contribution is -0.177. The summed E-state index contributed by atoms with van der Waals surface area (Å²) in [4.78, 5) is 12.3. The lowest BCUT2D eigenvalue weighted by atomic mass is 9.67. The van der Waals surface area contributed by atoms with Crippen molar-refractivity contribution in [3.63, 3.8) is 0 Å². The van der Waals surface area contributed by atoms with E-state index in [9.17, 15) is 9.90 Å². The average Bonchev–Trinajstić information content (AvgIpc) is 2.79. The van der Waals surface area contributed by atoms with Gasteiger partial charge in [0.05, 0.1) is 13.2 Å². The maximum Gasteiger partial charge on any atom is 0.315 e. The zero-order valence-corrected chi connectivity index (χ0v) is 11.1. The van der Waals surface area contributed by atoms with Gasteiger partial charge in [0.2, 0.25) is 0 Å². The van der Waals surface area contributed by atoms with Crippen molar-refractivity contribution in [2.24, 2.45) is 5.41 Å². The van der Waals surface area contributed by atoms with Crippen molar-refractivity contribution in [1.29, 1.82) is 0 Å². The molecule has 2 heterocycles. The maximum atomic E-state index is 12.3. The third-order valence-corrected chi connectivity index (χ3v) is 4.89. The van der Waals surface area contributed by atoms with E-state index >= 15 is 0 Å². The van der Waals surface area contributed by atoms with Gasteiger partial charge in [-0.3, -0.25) is 4.79 Å². The number of rotatable bonds is 3. The average molecular weight is 260 g/mol. The van der Waals surface area contributed by atoms with Gasteiger partial charge in [0.15, 0.2) is 0 Å². The Labute approximate surface area is 106 Å². The van der Waals surface area contributed by atoms with Crippen molar-refractivity contribution in [2.75, 3.05) is 31.3 Å². The van der Waals surface area contributed by atoms with E-state index in [1.807, 2.05) is 11.8 Å². The van der Waals surface area contributed by atoms with Crippen LogP contribution >= 0.6 is 11.8 Å². The summed E-state index contributed by atoms with van der Waals surface area (Å²) in [6.45, 7) is 2.96. The smallest absolute Gasteiger partial charge is 0.315 e. The fraction of sp³-hybridized carbons (Fsp3) is 0.917. The molecule has 2 fully saturated rings. The van der Waals surface area contributed by atoms with E-state index in [-0.39, 0.29) is 12.6 Å². The van der Waals surface area contributed by atoms with E-state index in [0.29, 0.717) is 32.5 Å². The highest BCUT2D eigenvalue weighted by Crippen LogP contribution is 2.48. The molecular weight excluding hydrogens is 240 g/mol. The van der Waals surface area contributed by atoms with Gasteiger partial charge >= 0.3 is 5.97 Å². The van der Waals surface area contributed by atoms with E-state index in [0.717, 1.165) is 11.5 Å². The van der Waals surface area contributed by atoms with Gasteiger partial charge in [-0.1, -0.05) is 0 Å². The quantitative estimate of drug-likeness (QED) is 0.773. The number of carbonyl (C=O) groups excluding carboxylic acids is 1. The van der Waals surface area contributed by atoms with Crippen LogP contribution in [0.3, 0.4) is 0 Å². The Hall–Kier alpha value is -0.260. The molecule has 2 aliphatic rings. The van der Waals surface area contributed by atoms with E-state index in [1.165, 1.54) is 0 Å². The van der Waals surface area contributed by atoms with Crippen molar-refractivity contribution in [1.82, 2.24) is 0 Å². The normalized spacial score (nSPS) is 32.4. The minimum absolute atomic E-state index is 0.242. The monoisotopic (exact) mass is 260 g/mol. The first kappa shape index (κ1) is 13.2. The molecule has 0 bridgehead atoms. The molecule has 1 unspecified atom stereocenters. The highest BCUT2D eigenvalue weighted by molar-refractivity contribution is 7.99. The van der Waals surface area contributed by atoms with E-state index in [4.69, 9.17) is 9.47 Å². The second kappa shape index (κ2) is 5.16. The predicted molar refractivity (Wildman–Crippen MR) is 66.0 cm³/mol. The molecule has 0 radical (unpaired) electrons. The third-order valence-electron chi connectivity index (χ3n) is 3.90. The van der Waals surface area contributed by atoms with Crippen LogP contribution in [0, 0.1) is 5.41 Å². The van der Waals surface area contributed by atoms with Crippen LogP contribution in [-0.4, -0.2) is 48.0 Å². The van der Waals surface area contributed by atoms with Crippen molar-refractivity contribution < 1.29 is 19.4 Å². The number of hydrogen-bond donors (Lipinski definition) is 1. The van der Waals surface area contributed by atoms with E-state index < -0.39 is 11.0 Å². The van der Waals surface area contributed by atoms with Gasteiger partial charge in [-0.2, -0.15) is 11.8 Å². The summed E-state index contributed by atoms with van der Waals surface area (Å²) in [6, 6.07) is 0. The molecule has 0 aromatic heterocycles. The maximum absolute atomic E-state index is 12.3. The number of carbonyl (C=O) groups is 1. The molecule has 1 atom stereocenters. The molecule has 98 valence electrons. The molecule has 2 aliphatic heterocycles. The van der Waals surface area contributed by atoms with Crippen LogP contribution in [0.5, 0.6) is 0 Å². The van der Waals surface area contributed by atoms with Gasteiger partial charge in [-0.25, -0.2) is 0 Å². The van der Waals surface area contributed by atoms with Gasteiger partial charge in [-0.05, 0) is 31.3 Å². The molecule has 5 heteroatoms. The van der Waals surface area contributed by atoms with E-state index in [2.05, 4.69) is 0 Å². The molecule has 17 heavy (non-hydrogen) atoms. The molecule has 0 saturated carbocycles. The van der Waals surface area contributed by atoms with Gasteiger partial charge < -0.3 is 14.6 Å². The molecule has 0 amide bonds. The zero-order chi connectivity index (χ0) is 12.4. The Balaban J connectivity index is 2.25. The Morgan fingerprint density at radius 3 is 2.65 bits per heavy atom. The summed E-state index contributed by atoms with van der Waals surface area (Å²) in [7, 11) is 0. The summed E-state index contributed by atoms with van der Waals surface area (Å²) in [5.41, 5.74) is -1.77. The lowest BCUT2D eigenvalue weighted by Gasteiger charge is -2.44. The number of ether oxygens (including phenoxy) is 2. The van der Waals surface area contributed by atoms with Crippen LogP contribution < -0.4 is 0 Å². The number of hydrogen-bond acceptors (Lipinski definition) is 5. The summed E-state index contributed by atoms with van der Waals surface area (Å²) in [6.07, 6.45) is 1.92. The third kappa shape index (κ3) is 2.20. The fourth-order valence-electron chi connectivity index (χ4n) is 2.78. The van der Waals surface area contributed by atoms with Crippen molar-refractivity contribution in [3.05, 3.63) is 0 Å². The highest BCUT2D eigenvalue weighted by atomic mass is 32.2. The highest BCUT2D eigenvalue weighted by Gasteiger charge is 2.58. The zero-order valence-electron chi connectivity index (χ0n) is 10.2. The molecule has 0 aromatic rings. The van der Waals surface area contributed by atoms with Crippen molar-refractivity contribution in [2.45, 2.75) is 31.8 Å². The standard InChI is InChI=1S/C12H20O4S/c1-2-16-10(13)11(4-7-17-8-5-11)12(14)3-6-15-9-12/h14H,2-9H2,1H3. The van der Waals surface area contributed by atoms with Gasteiger partial charge in [0.1, 0.15) is 11.0 Å². The molecule has 4 nitrogen and oxygen atoms in total. The van der Waals surface area contributed by atoms with Crippen LogP contribution in [0.2, 0.25) is 0 Å². The molecule has 0 aliphatic carbocycles. The topological polar surface area (TPSA) is 55.8 Å². The summed E-state index contributed by atoms with van der Waals surface area (Å²) in [5, 5.41) is 10.7. The molecule has 1 N–H and O–H groups in total. The van der Waals surface area contributed by atoms with Gasteiger partial charge in [0, 0.05) is 13.0 Å². The Morgan fingerprint density at radius 2 is 2.12 bits per heavy atom. The number of esters is 1. The van der Waals surface area contributed by atoms with Crippen molar-refractivity contribution in [3.8, 4) is 0 Å². The second-order valence-corrected chi connectivity index (χ2v) is 5.97. The summed E-state index contributed by atoms with van der Waals surface area (Å²) >= 11 is 1.83. The van der Waals surface area contributed by atoms with Crippen LogP contribution in [0.25, 0.3) is 0 Å². The Kier molecular flexibility index (Phi) is 4.00. The molecule has 0 aromatic carbocycles. The van der Waals surface area contributed by atoms with Gasteiger partial charge in [-0.15, -0.1) is 0 Å². The second-order valence-electron chi connectivity index (χ2n) is 4.75. The number of aliphatic hydroxyl groups is 1. The molecule has 2 rings (SSSR count). The first-order chi connectivity index (χ1) is 8.15. The number of thioether (sulfide) groups is 1. The van der Waals surface area contributed by atoms with Crippen LogP contribution in [-0.2, 0) is 14.3 Å². The van der Waals surface area contributed by atoms with Gasteiger partial charge in [0.25, 0.3) is 0 Å². The van der Waals surface area contributed by atoms with E-state index in [1.54, 1.807) is 6.92 Å². The first-order valence-corrected chi connectivity index (χ1v) is 7.35. The minimum Gasteiger partial charge on any atom is -0.465 e. The molecule has 0 spiro atoms. The largest absolute Gasteiger partial charge is 0.465 e.